The third-order valence-electron chi connectivity index (χ3n) is 11.0. The number of ketones is 1. The van der Waals surface area contributed by atoms with Crippen LogP contribution in [-0.2, 0) is 30.3 Å². The summed E-state index contributed by atoms with van der Waals surface area (Å²) in [5.41, 5.74) is 1.04. The number of carbonyl (C=O) groups excluding carboxylic acids is 5. The molecule has 0 aromatic heterocycles. The van der Waals surface area contributed by atoms with E-state index in [9.17, 15) is 29.1 Å². The summed E-state index contributed by atoms with van der Waals surface area (Å²) in [6, 6.07) is 28.9. The van der Waals surface area contributed by atoms with Crippen LogP contribution in [0.4, 0.5) is 0 Å². The molecule has 6 aliphatic rings. The number of Topliss-reactive ketones (excluding diaryl/α,β-unsaturated/α-hetero) is 1. The maximum absolute atomic E-state index is 13.1. The van der Waals surface area contributed by atoms with E-state index in [0.717, 1.165) is 45.8 Å². The van der Waals surface area contributed by atoms with Crippen LogP contribution in [-0.4, -0.2) is 73.0 Å². The van der Waals surface area contributed by atoms with Gasteiger partial charge in [0, 0.05) is 34.6 Å². The van der Waals surface area contributed by atoms with Gasteiger partial charge in [-0.1, -0.05) is 94.2 Å². The van der Waals surface area contributed by atoms with Crippen LogP contribution in [0.25, 0.3) is 0 Å². The Morgan fingerprint density at radius 1 is 0.657 bits per heavy atom. The SMILES string of the molecule is O=C1CC(c2ccc(Br)cc2)(N2C(=O)c3ccccc3C2=O)C1.O=C1c2ccccc2C(=O)N1C1(c2ccc(Br)cc2)CC(O)(C2CC2)C1.[Br-].[CH-]1CC1.[CH2-]CC.[CH2-]CC.[I][V]([I])[I].[I][V][I].[Mg+2]. The molecule has 19 heteroatoms. The van der Waals surface area contributed by atoms with Gasteiger partial charge in [-0.3, -0.25) is 33.8 Å². The van der Waals surface area contributed by atoms with Gasteiger partial charge in [0.2, 0.25) is 0 Å². The minimum absolute atomic E-state index is 0. The van der Waals surface area contributed by atoms with Gasteiger partial charge in [0.05, 0.1) is 38.9 Å². The number of imide groups is 2. The molecule has 1 N–H and O–H groups in total. The molecule has 67 heavy (non-hydrogen) atoms. The second-order valence-electron chi connectivity index (χ2n) is 15.8. The van der Waals surface area contributed by atoms with Crippen LogP contribution in [0.2, 0.25) is 0 Å². The molecular formula is C48H49Br3I5MgN2O6V2-2. The van der Waals surface area contributed by atoms with E-state index in [1.54, 1.807) is 48.5 Å². The zero-order valence-corrected chi connectivity index (χ0v) is 56.6. The summed E-state index contributed by atoms with van der Waals surface area (Å²) in [6.07, 6.45) is 10.2. The van der Waals surface area contributed by atoms with Crippen LogP contribution in [0.3, 0.4) is 0 Å². The van der Waals surface area contributed by atoms with Crippen molar-refractivity contribution in [3.05, 3.63) is 160 Å². The second kappa shape index (κ2) is 31.0. The molecule has 357 valence electrons. The molecule has 4 saturated carbocycles. The molecule has 0 saturated heterocycles. The van der Waals surface area contributed by atoms with Gasteiger partial charge in [0.1, 0.15) is 5.78 Å². The summed E-state index contributed by atoms with van der Waals surface area (Å²) in [4.78, 5) is 65.9. The van der Waals surface area contributed by atoms with Crippen LogP contribution in [0.5, 0.6) is 0 Å². The van der Waals surface area contributed by atoms with Gasteiger partial charge in [0.25, 0.3) is 23.6 Å². The molecule has 0 radical (unpaired) electrons. The Labute approximate surface area is 506 Å². The van der Waals surface area contributed by atoms with Crippen molar-refractivity contribution < 1.29 is 60.4 Å². The van der Waals surface area contributed by atoms with Gasteiger partial charge >= 0.3 is 137 Å². The summed E-state index contributed by atoms with van der Waals surface area (Å²) >= 11 is 18.9. The largest absolute Gasteiger partial charge is 2.00 e. The van der Waals surface area contributed by atoms with Crippen molar-refractivity contribution in [2.45, 2.75) is 94.7 Å². The van der Waals surface area contributed by atoms with E-state index in [-0.39, 0.29) is 87.2 Å². The fourth-order valence-electron chi connectivity index (χ4n) is 8.13. The Bertz CT molecular complexity index is 2200. The summed E-state index contributed by atoms with van der Waals surface area (Å²) in [5, 5.41) is 11.0. The summed E-state index contributed by atoms with van der Waals surface area (Å²) in [6.45, 7) is 11.0. The van der Waals surface area contributed by atoms with E-state index >= 15 is 0 Å². The zero-order chi connectivity index (χ0) is 48.1. The van der Waals surface area contributed by atoms with E-state index in [4.69, 9.17) is 0 Å². The van der Waals surface area contributed by atoms with Crippen LogP contribution < -0.4 is 17.0 Å². The number of carbonyl (C=O) groups is 5. The van der Waals surface area contributed by atoms with Gasteiger partial charge in [-0.25, -0.2) is 12.8 Å². The predicted molar refractivity (Wildman–Crippen MR) is 307 cm³/mol. The summed E-state index contributed by atoms with van der Waals surface area (Å²) < 4.78 is 1.85. The second-order valence-corrected chi connectivity index (χ2v) is 64.8. The summed E-state index contributed by atoms with van der Waals surface area (Å²) in [5.74, 6) is -0.800. The molecule has 0 unspecified atom stereocenters. The fourth-order valence-corrected chi connectivity index (χ4v) is 8.66. The predicted octanol–water partition coefficient (Wildman–Crippen LogP) is 11.7. The minimum atomic E-state index is -0.856. The van der Waals surface area contributed by atoms with Crippen molar-refractivity contribution in [2.24, 2.45) is 5.92 Å². The van der Waals surface area contributed by atoms with Crippen molar-refractivity contribution in [1.29, 1.82) is 0 Å². The van der Waals surface area contributed by atoms with Crippen molar-refractivity contribution in [3.63, 3.8) is 0 Å². The Kier molecular flexibility index (Phi) is 30.0. The number of fused-ring (bicyclic) bond motifs is 2. The third kappa shape index (κ3) is 16.9. The third-order valence-corrected chi connectivity index (χ3v) is 12.1. The van der Waals surface area contributed by atoms with Gasteiger partial charge in [0.15, 0.2) is 0 Å². The van der Waals surface area contributed by atoms with Gasteiger partial charge in [-0.2, -0.15) is 12.8 Å². The van der Waals surface area contributed by atoms with Crippen molar-refractivity contribution >= 4 is 184 Å². The Morgan fingerprint density at radius 3 is 1.18 bits per heavy atom. The fraction of sp³-hybridized carbons (Fsp3) is 0.333. The molecule has 4 fully saturated rings. The minimum Gasteiger partial charge on any atom is 2.00 e. The number of hydrogen-bond donors (Lipinski definition) is 1. The van der Waals surface area contributed by atoms with Crippen LogP contribution in [0, 0.1) is 26.2 Å². The zero-order valence-electron chi connectivity index (χ0n) is 36.9. The molecule has 0 atom stereocenters. The first-order valence-corrected chi connectivity index (χ1v) is 44.9. The maximum Gasteiger partial charge on any atom is 2.00 e. The molecule has 0 bridgehead atoms. The molecule has 2 heterocycles. The van der Waals surface area contributed by atoms with Crippen LogP contribution in [0.15, 0.2) is 106 Å². The average molecular weight is 1750 g/mol. The van der Waals surface area contributed by atoms with Crippen LogP contribution >= 0.6 is 132 Å². The number of aliphatic hydroxyl groups is 1. The molecule has 8 nitrogen and oxygen atoms in total. The Balaban J connectivity index is 0.000000342. The topological polar surface area (TPSA) is 112 Å². The Morgan fingerprint density at radius 2 is 0.925 bits per heavy atom. The number of halogens is 8. The molecule has 4 aromatic carbocycles. The van der Waals surface area contributed by atoms with Crippen molar-refractivity contribution in [3.8, 4) is 0 Å². The summed E-state index contributed by atoms with van der Waals surface area (Å²) in [7, 11) is 0.628. The normalized spacial score (nSPS) is 20.6. The first-order valence-electron chi connectivity index (χ1n) is 20.8. The van der Waals surface area contributed by atoms with Crippen molar-refractivity contribution in [1.82, 2.24) is 9.80 Å². The van der Waals surface area contributed by atoms with E-state index in [0.29, 0.717) is 50.5 Å². The number of hydrogen-bond acceptors (Lipinski definition) is 6. The van der Waals surface area contributed by atoms with Gasteiger partial charge in [-0.05, 0) is 78.4 Å². The smallest absolute Gasteiger partial charge is 2.00 e. The van der Waals surface area contributed by atoms with Crippen molar-refractivity contribution in [2.75, 3.05) is 0 Å². The number of nitrogens with zero attached hydrogens (tertiary/aromatic N) is 2. The quantitative estimate of drug-likeness (QED) is 0.0922. The number of benzene rings is 4. The Hall–Kier alpha value is 1.82. The maximum atomic E-state index is 13.1. The van der Waals surface area contributed by atoms with Crippen LogP contribution in [0.1, 0.15) is 131 Å². The molecular weight excluding hydrogens is 1700 g/mol. The monoisotopic (exact) mass is 1750 g/mol. The first kappa shape index (κ1) is 64.9. The standard InChI is InChI=1S/C21H18BrNO3.C18H12BrNO3.C3H5.2C3H7.BrH.5HI.Mg.2V/c22-15-9-7-13(8-10-15)20(11-21(26,12-20)14-5-6-14)23-18(24)16-3-1-2-4-17(16)19(23)25;19-12-7-5-11(6-8-12)18(9-13(21)10-18)20-16(22)14-3-1-2-4-15(14)17(20)23;1-2-3-1;2*1-3-2;;;;;;;;;/h1-4,7-10,14,26H,5-6,11-12H2;1-8H,9-10H2;1H,2-3H2;2*1,3H2,2H3;6*1H;;;/q;;3*-1;;;;;;;2*+2;+3/p-6. The van der Waals surface area contributed by atoms with E-state index in [1.807, 2.05) is 62.4 Å². The average Bonchev–Trinajstić information content (AvgIpc) is 4.19. The van der Waals surface area contributed by atoms with Gasteiger partial charge in [-0.15, -0.1) is 0 Å². The number of amides is 4. The molecule has 4 aromatic rings. The molecule has 10 rings (SSSR count). The van der Waals surface area contributed by atoms with E-state index < -0.39 is 16.7 Å². The molecule has 0 spiro atoms. The molecule has 4 amide bonds. The van der Waals surface area contributed by atoms with E-state index in [2.05, 4.69) is 152 Å². The number of rotatable bonds is 5. The van der Waals surface area contributed by atoms with E-state index in [1.165, 1.54) is 22.6 Å². The molecule has 2 aliphatic heterocycles. The van der Waals surface area contributed by atoms with Gasteiger partial charge < -0.3 is 42.4 Å². The molecule has 4 aliphatic carbocycles. The first-order chi connectivity index (χ1) is 30.9.